The molecule has 0 amide bonds. The predicted octanol–water partition coefficient (Wildman–Crippen LogP) is 3.39. The van der Waals surface area contributed by atoms with E-state index in [2.05, 4.69) is 65.8 Å². The second kappa shape index (κ2) is 7.65. The molecule has 0 saturated carbocycles. The SMILES string of the molecule is CC[CH]([Si](C)(C)CN(C)CCN(C)C)[Sn]([CH3])([CH3])[CH3]. The second-order valence-corrected chi connectivity index (χ2v) is 30.0. The van der Waals surface area contributed by atoms with E-state index in [0.29, 0.717) is 0 Å². The standard InChI is InChI=1S/C11H27N2Si.3CH3.Sn/c1-7-10-14(5,6)11-13(4)9-8-12(2)3;;;;/h10H,7-9,11H2,1-6H3;3*1H3;. The molecule has 1 atom stereocenters. The summed E-state index contributed by atoms with van der Waals surface area (Å²) < 4.78 is 1.11. The summed E-state index contributed by atoms with van der Waals surface area (Å²) in [6.45, 7) is 10.0. The van der Waals surface area contributed by atoms with Crippen molar-refractivity contribution >= 4 is 26.5 Å². The number of nitrogens with zero attached hydrogens (tertiary/aromatic N) is 2. The number of rotatable bonds is 8. The molecule has 18 heavy (non-hydrogen) atoms. The van der Waals surface area contributed by atoms with Gasteiger partial charge in [0.25, 0.3) is 0 Å². The molecule has 4 heteroatoms. The van der Waals surface area contributed by atoms with Crippen LogP contribution in [0.4, 0.5) is 0 Å². The Morgan fingerprint density at radius 2 is 1.50 bits per heavy atom. The Balaban J connectivity index is 4.52. The van der Waals surface area contributed by atoms with Gasteiger partial charge in [0.1, 0.15) is 0 Å². The minimum atomic E-state index is -1.76. The van der Waals surface area contributed by atoms with Crippen LogP contribution < -0.4 is 0 Å². The molecule has 0 aromatic carbocycles. The first-order chi connectivity index (χ1) is 8.00. The van der Waals surface area contributed by atoms with Crippen molar-refractivity contribution in [2.45, 2.75) is 44.8 Å². The van der Waals surface area contributed by atoms with Crippen LogP contribution in [0.25, 0.3) is 0 Å². The molecule has 0 fully saturated rings. The Hall–Kier alpha value is 0.936. The Bertz CT molecular complexity index is 236. The van der Waals surface area contributed by atoms with Gasteiger partial charge in [0, 0.05) is 0 Å². The summed E-state index contributed by atoms with van der Waals surface area (Å²) in [6, 6.07) is 0. The average molecular weight is 379 g/mol. The molecule has 0 aliphatic rings. The van der Waals surface area contributed by atoms with Crippen molar-refractivity contribution in [3.63, 3.8) is 0 Å². The molecule has 0 N–H and O–H groups in total. The Morgan fingerprint density at radius 1 is 1.00 bits per heavy atom. The molecular weight excluding hydrogens is 343 g/mol. The summed E-state index contributed by atoms with van der Waals surface area (Å²) >= 11 is -1.76. The van der Waals surface area contributed by atoms with Crippen LogP contribution in [0, 0.1) is 0 Å². The third-order valence-corrected chi connectivity index (χ3v) is 27.3. The zero-order chi connectivity index (χ0) is 14.6. The van der Waals surface area contributed by atoms with E-state index in [-0.39, 0.29) is 0 Å². The van der Waals surface area contributed by atoms with Crippen molar-refractivity contribution in [3.05, 3.63) is 0 Å². The molecule has 0 rings (SSSR count). The third kappa shape index (κ3) is 6.92. The van der Waals surface area contributed by atoms with Crippen molar-refractivity contribution in [1.82, 2.24) is 9.80 Å². The first kappa shape index (κ1) is 18.9. The van der Waals surface area contributed by atoms with E-state index >= 15 is 0 Å². The van der Waals surface area contributed by atoms with Crippen molar-refractivity contribution in [2.75, 3.05) is 40.4 Å². The van der Waals surface area contributed by atoms with Gasteiger partial charge in [-0.1, -0.05) is 0 Å². The van der Waals surface area contributed by atoms with Crippen molar-refractivity contribution in [1.29, 1.82) is 0 Å². The molecule has 2 nitrogen and oxygen atoms in total. The van der Waals surface area contributed by atoms with Crippen molar-refractivity contribution in [3.8, 4) is 0 Å². The first-order valence-electron chi connectivity index (χ1n) is 7.34. The van der Waals surface area contributed by atoms with Crippen LogP contribution >= 0.6 is 0 Å². The molecule has 0 spiro atoms. The van der Waals surface area contributed by atoms with Crippen LogP contribution in [0.2, 0.25) is 31.5 Å². The van der Waals surface area contributed by atoms with E-state index in [4.69, 9.17) is 0 Å². The molecule has 0 aliphatic carbocycles. The summed E-state index contributed by atoms with van der Waals surface area (Å²) in [5.74, 6) is 0. The van der Waals surface area contributed by atoms with Gasteiger partial charge < -0.3 is 0 Å². The normalized spacial score (nSPS) is 15.5. The number of likely N-dealkylation sites (N-methyl/N-ethyl adjacent to an activating group) is 2. The van der Waals surface area contributed by atoms with E-state index in [9.17, 15) is 0 Å². The summed E-state index contributed by atoms with van der Waals surface area (Å²) in [6.07, 6.45) is 2.79. The van der Waals surface area contributed by atoms with Crippen molar-refractivity contribution < 1.29 is 0 Å². The topological polar surface area (TPSA) is 6.48 Å². The molecule has 0 saturated heterocycles. The van der Waals surface area contributed by atoms with Crippen LogP contribution in [0.5, 0.6) is 0 Å². The van der Waals surface area contributed by atoms with E-state index in [1.807, 2.05) is 0 Å². The van der Waals surface area contributed by atoms with Crippen LogP contribution in [-0.4, -0.2) is 76.7 Å². The molecule has 0 aromatic rings. The number of hydrogen-bond donors (Lipinski definition) is 0. The Morgan fingerprint density at radius 3 is 1.83 bits per heavy atom. The second-order valence-electron chi connectivity index (χ2n) is 7.86. The van der Waals surface area contributed by atoms with Gasteiger partial charge in [-0.2, -0.15) is 0 Å². The molecule has 0 aliphatic heterocycles. The van der Waals surface area contributed by atoms with Gasteiger partial charge in [-0.15, -0.1) is 0 Å². The van der Waals surface area contributed by atoms with E-state index in [1.54, 1.807) is 0 Å². The van der Waals surface area contributed by atoms with Crippen LogP contribution in [0.1, 0.15) is 13.3 Å². The summed E-state index contributed by atoms with van der Waals surface area (Å²) in [7, 11) is 5.53. The fourth-order valence-corrected chi connectivity index (χ4v) is 33.2. The molecule has 0 heterocycles. The molecular formula is C14H36N2SiSn. The summed E-state index contributed by atoms with van der Waals surface area (Å²) in [4.78, 5) is 12.7. The van der Waals surface area contributed by atoms with E-state index in [1.165, 1.54) is 25.7 Å². The van der Waals surface area contributed by atoms with Gasteiger partial charge in [-0.3, -0.25) is 0 Å². The van der Waals surface area contributed by atoms with Gasteiger partial charge >= 0.3 is 121 Å². The molecule has 1 unspecified atom stereocenters. The van der Waals surface area contributed by atoms with Crippen LogP contribution in [0.15, 0.2) is 0 Å². The maximum absolute atomic E-state index is 2.62. The van der Waals surface area contributed by atoms with Gasteiger partial charge in [0.15, 0.2) is 0 Å². The summed E-state index contributed by atoms with van der Waals surface area (Å²) in [5.41, 5.74) is 0. The molecule has 110 valence electrons. The van der Waals surface area contributed by atoms with Crippen LogP contribution in [-0.2, 0) is 0 Å². The first-order valence-corrected chi connectivity index (χ1v) is 20.8. The quantitative estimate of drug-likeness (QED) is 0.597. The average Bonchev–Trinajstić information content (AvgIpc) is 2.11. The molecule has 0 aromatic heterocycles. The van der Waals surface area contributed by atoms with E-state index in [0.717, 1.165) is 3.56 Å². The maximum atomic E-state index is 2.62. The zero-order valence-electron chi connectivity index (χ0n) is 14.3. The van der Waals surface area contributed by atoms with Gasteiger partial charge in [0.05, 0.1) is 0 Å². The predicted molar refractivity (Wildman–Crippen MR) is 90.9 cm³/mol. The van der Waals surface area contributed by atoms with Crippen LogP contribution in [0.3, 0.4) is 0 Å². The van der Waals surface area contributed by atoms with Gasteiger partial charge in [-0.05, 0) is 0 Å². The van der Waals surface area contributed by atoms with E-state index < -0.39 is 26.5 Å². The monoisotopic (exact) mass is 380 g/mol. The molecule has 0 radical (unpaired) electrons. The number of hydrogen-bond acceptors (Lipinski definition) is 2. The Labute approximate surface area is 121 Å². The fourth-order valence-electron chi connectivity index (χ4n) is 3.59. The third-order valence-electron chi connectivity index (χ3n) is 4.00. The minimum absolute atomic E-state index is 1.10. The van der Waals surface area contributed by atoms with Crippen molar-refractivity contribution in [2.24, 2.45) is 0 Å². The van der Waals surface area contributed by atoms with Gasteiger partial charge in [-0.25, -0.2) is 0 Å². The fraction of sp³-hybridized carbons (Fsp3) is 1.00. The molecule has 0 bridgehead atoms. The summed E-state index contributed by atoms with van der Waals surface area (Å²) in [5, 5.41) is 0. The van der Waals surface area contributed by atoms with Gasteiger partial charge in [0.2, 0.25) is 0 Å². The zero-order valence-corrected chi connectivity index (χ0v) is 18.2. The Kier molecular flexibility index (Phi) is 8.05.